The maximum absolute atomic E-state index is 11.9. The summed E-state index contributed by atoms with van der Waals surface area (Å²) in [5.74, 6) is 0.784. The normalized spacial score (nSPS) is 24.0. The smallest absolute Gasteiger partial charge is 0.246 e. The van der Waals surface area contributed by atoms with Crippen molar-refractivity contribution in [3.63, 3.8) is 0 Å². The van der Waals surface area contributed by atoms with Crippen LogP contribution in [0.2, 0.25) is 0 Å². The zero-order valence-corrected chi connectivity index (χ0v) is 10.0. The summed E-state index contributed by atoms with van der Waals surface area (Å²) in [5.41, 5.74) is 1.40. The van der Waals surface area contributed by atoms with Crippen molar-refractivity contribution in [1.82, 2.24) is 4.90 Å². The number of carbonyl (C=O) groups excluding carboxylic acids is 1. The number of hydrogen-bond donors (Lipinski definition) is 0. The molecule has 0 spiro atoms. The first-order valence-electron chi connectivity index (χ1n) is 5.80. The van der Waals surface area contributed by atoms with Crippen LogP contribution < -0.4 is 0 Å². The highest BCUT2D eigenvalue weighted by Gasteiger charge is 2.41. The van der Waals surface area contributed by atoms with E-state index >= 15 is 0 Å². The Morgan fingerprint density at radius 1 is 1.56 bits per heavy atom. The van der Waals surface area contributed by atoms with Gasteiger partial charge in [-0.05, 0) is 48.3 Å². The molecule has 1 aromatic rings. The number of thiophene rings is 1. The van der Waals surface area contributed by atoms with Crippen molar-refractivity contribution in [3.05, 3.63) is 34.5 Å². The molecule has 1 amide bonds. The van der Waals surface area contributed by atoms with E-state index in [2.05, 4.69) is 18.0 Å². The molecule has 3 heteroatoms. The van der Waals surface area contributed by atoms with Crippen molar-refractivity contribution >= 4 is 17.2 Å². The summed E-state index contributed by atoms with van der Waals surface area (Å²) in [5, 5.41) is 2.15. The van der Waals surface area contributed by atoms with E-state index in [1.54, 1.807) is 0 Å². The zero-order valence-electron chi connectivity index (χ0n) is 9.19. The average molecular weight is 233 g/mol. The zero-order chi connectivity index (χ0) is 11.1. The van der Waals surface area contributed by atoms with Gasteiger partial charge in [-0.15, -0.1) is 11.3 Å². The summed E-state index contributed by atoms with van der Waals surface area (Å²) in [7, 11) is 0. The molecule has 3 rings (SSSR count). The molecule has 1 aliphatic heterocycles. The maximum Gasteiger partial charge on any atom is 0.246 e. The molecule has 0 radical (unpaired) electrons. The van der Waals surface area contributed by atoms with Crippen LogP contribution in [-0.2, 0) is 11.2 Å². The van der Waals surface area contributed by atoms with Crippen LogP contribution in [0.1, 0.15) is 29.3 Å². The van der Waals surface area contributed by atoms with E-state index in [-0.39, 0.29) is 5.91 Å². The fourth-order valence-electron chi connectivity index (χ4n) is 2.63. The number of rotatable bonds is 2. The minimum atomic E-state index is 0.0914. The van der Waals surface area contributed by atoms with E-state index in [1.165, 1.54) is 29.4 Å². The van der Waals surface area contributed by atoms with Crippen molar-refractivity contribution in [2.75, 3.05) is 6.54 Å². The van der Waals surface area contributed by atoms with Gasteiger partial charge in [-0.2, -0.15) is 0 Å². The summed E-state index contributed by atoms with van der Waals surface area (Å²) < 4.78 is 0. The van der Waals surface area contributed by atoms with E-state index in [0.717, 1.165) is 13.0 Å². The van der Waals surface area contributed by atoms with Crippen LogP contribution in [-0.4, -0.2) is 17.4 Å². The van der Waals surface area contributed by atoms with Gasteiger partial charge in [-0.1, -0.05) is 6.58 Å². The predicted molar refractivity (Wildman–Crippen MR) is 65.4 cm³/mol. The van der Waals surface area contributed by atoms with Crippen LogP contribution in [0.15, 0.2) is 24.1 Å². The Bertz CT molecular complexity index is 433. The molecule has 2 aliphatic rings. The third-order valence-corrected chi connectivity index (χ3v) is 4.54. The number of amides is 1. The largest absolute Gasteiger partial charge is 0.331 e. The highest BCUT2D eigenvalue weighted by molar-refractivity contribution is 7.10. The highest BCUT2D eigenvalue weighted by Crippen LogP contribution is 2.48. The molecule has 0 bridgehead atoms. The Balaban J connectivity index is 1.97. The molecular formula is C13H15NOS. The molecule has 0 N–H and O–H groups in total. The van der Waals surface area contributed by atoms with Crippen molar-refractivity contribution in [2.24, 2.45) is 5.92 Å². The minimum absolute atomic E-state index is 0.0914. The second-order valence-electron chi connectivity index (χ2n) is 4.57. The van der Waals surface area contributed by atoms with Crippen molar-refractivity contribution in [3.8, 4) is 0 Å². The Hall–Kier alpha value is -1.09. The quantitative estimate of drug-likeness (QED) is 0.719. The second kappa shape index (κ2) is 3.74. The molecule has 0 saturated heterocycles. The summed E-state index contributed by atoms with van der Waals surface area (Å²) in [4.78, 5) is 15.3. The van der Waals surface area contributed by atoms with Crippen molar-refractivity contribution in [1.29, 1.82) is 0 Å². The van der Waals surface area contributed by atoms with E-state index in [0.29, 0.717) is 12.0 Å². The van der Waals surface area contributed by atoms with E-state index < -0.39 is 0 Å². The van der Waals surface area contributed by atoms with Gasteiger partial charge in [0.2, 0.25) is 5.91 Å². The molecular weight excluding hydrogens is 218 g/mol. The standard InChI is InChI=1S/C13H15NOS/c1-2-12(15)14-7-5-11-10(6-8-16-11)13(14)9-3-4-9/h2,6,8-9,13H,1,3-5,7H2. The maximum atomic E-state index is 11.9. The van der Waals surface area contributed by atoms with Gasteiger partial charge < -0.3 is 4.90 Å². The lowest BCUT2D eigenvalue weighted by molar-refractivity contribution is -0.129. The highest BCUT2D eigenvalue weighted by atomic mass is 32.1. The summed E-state index contributed by atoms with van der Waals surface area (Å²) >= 11 is 1.83. The van der Waals surface area contributed by atoms with E-state index in [4.69, 9.17) is 0 Å². The molecule has 1 unspecified atom stereocenters. The number of nitrogens with zero attached hydrogens (tertiary/aromatic N) is 1. The Morgan fingerprint density at radius 3 is 3.06 bits per heavy atom. The first-order chi connectivity index (χ1) is 7.81. The first kappa shape index (κ1) is 10.1. The molecule has 1 fully saturated rings. The van der Waals surface area contributed by atoms with Crippen LogP contribution in [0.3, 0.4) is 0 Å². The number of carbonyl (C=O) groups is 1. The van der Waals surface area contributed by atoms with Gasteiger partial charge in [-0.3, -0.25) is 4.79 Å². The monoisotopic (exact) mass is 233 g/mol. The lowest BCUT2D eigenvalue weighted by Gasteiger charge is -2.35. The molecule has 1 aromatic heterocycles. The number of hydrogen-bond acceptors (Lipinski definition) is 2. The van der Waals surface area contributed by atoms with E-state index in [9.17, 15) is 4.79 Å². The summed E-state index contributed by atoms with van der Waals surface area (Å²) in [6, 6.07) is 2.53. The molecule has 2 heterocycles. The predicted octanol–water partition coefficient (Wildman–Crippen LogP) is 2.77. The molecule has 84 valence electrons. The SMILES string of the molecule is C=CC(=O)N1CCc2sccc2C1C1CC1. The summed E-state index contributed by atoms with van der Waals surface area (Å²) in [6.45, 7) is 4.47. The van der Waals surface area contributed by atoms with Gasteiger partial charge in [-0.25, -0.2) is 0 Å². The third-order valence-electron chi connectivity index (χ3n) is 3.54. The van der Waals surface area contributed by atoms with Crippen LogP contribution >= 0.6 is 11.3 Å². The Morgan fingerprint density at radius 2 is 2.38 bits per heavy atom. The summed E-state index contributed by atoms with van der Waals surface area (Å²) in [6.07, 6.45) is 4.99. The number of fused-ring (bicyclic) bond motifs is 1. The van der Waals surface area contributed by atoms with Gasteiger partial charge in [0.1, 0.15) is 0 Å². The lowest BCUT2D eigenvalue weighted by Crippen LogP contribution is -2.39. The van der Waals surface area contributed by atoms with Crippen LogP contribution in [0.25, 0.3) is 0 Å². The fourth-order valence-corrected chi connectivity index (χ4v) is 3.54. The van der Waals surface area contributed by atoms with Crippen molar-refractivity contribution < 1.29 is 4.79 Å². The lowest BCUT2D eigenvalue weighted by atomic mass is 9.96. The van der Waals surface area contributed by atoms with Crippen LogP contribution in [0.4, 0.5) is 0 Å². The molecule has 16 heavy (non-hydrogen) atoms. The molecule has 1 atom stereocenters. The molecule has 2 nitrogen and oxygen atoms in total. The molecule has 1 saturated carbocycles. The molecule has 1 aliphatic carbocycles. The van der Waals surface area contributed by atoms with Gasteiger partial charge in [0.15, 0.2) is 0 Å². The van der Waals surface area contributed by atoms with Gasteiger partial charge in [0.25, 0.3) is 0 Å². The first-order valence-corrected chi connectivity index (χ1v) is 6.68. The van der Waals surface area contributed by atoms with Gasteiger partial charge in [0.05, 0.1) is 6.04 Å². The Kier molecular flexibility index (Phi) is 2.36. The molecule has 0 aromatic carbocycles. The minimum Gasteiger partial charge on any atom is -0.331 e. The van der Waals surface area contributed by atoms with Gasteiger partial charge in [0, 0.05) is 11.4 Å². The second-order valence-corrected chi connectivity index (χ2v) is 5.57. The topological polar surface area (TPSA) is 20.3 Å². The fraction of sp³-hybridized carbons (Fsp3) is 0.462. The van der Waals surface area contributed by atoms with E-state index in [1.807, 2.05) is 16.2 Å². The van der Waals surface area contributed by atoms with Crippen molar-refractivity contribution in [2.45, 2.75) is 25.3 Å². The van der Waals surface area contributed by atoms with Crippen LogP contribution in [0.5, 0.6) is 0 Å². The Labute approximate surface area is 99.6 Å². The average Bonchev–Trinajstić information content (AvgIpc) is 3.03. The van der Waals surface area contributed by atoms with Crippen LogP contribution in [0, 0.1) is 5.92 Å². The third kappa shape index (κ3) is 1.50. The van der Waals surface area contributed by atoms with Gasteiger partial charge >= 0.3 is 0 Å².